The fourth-order valence-electron chi connectivity index (χ4n) is 2.82. The summed E-state index contributed by atoms with van der Waals surface area (Å²) in [4.78, 5) is 26.8. The lowest BCUT2D eigenvalue weighted by molar-refractivity contribution is -0.132. The maximum Gasteiger partial charge on any atom is 0.329 e. The van der Waals surface area contributed by atoms with Gasteiger partial charge < -0.3 is 9.32 Å². The van der Waals surface area contributed by atoms with Gasteiger partial charge in [0.15, 0.2) is 0 Å². The Hall–Kier alpha value is -3.27. The third-order valence-corrected chi connectivity index (χ3v) is 4.12. The highest BCUT2D eigenvalue weighted by molar-refractivity contribution is 5.81. The van der Waals surface area contributed by atoms with Gasteiger partial charge in [0.25, 0.3) is 0 Å². The molecule has 0 fully saturated rings. The molecular formula is C18H18N4O3. The molecule has 1 amide bonds. The number of hydrogen-bond donors (Lipinski definition) is 0. The van der Waals surface area contributed by atoms with Crippen LogP contribution in [0.25, 0.3) is 11.0 Å². The van der Waals surface area contributed by atoms with Crippen LogP contribution in [-0.2, 0) is 24.9 Å². The number of carbonyl (C=O) groups excluding carboxylic acids is 1. The van der Waals surface area contributed by atoms with Gasteiger partial charge in [-0.3, -0.25) is 13.9 Å². The van der Waals surface area contributed by atoms with Crippen molar-refractivity contribution in [2.45, 2.75) is 19.5 Å². The Morgan fingerprint density at radius 2 is 2.00 bits per heavy atom. The highest BCUT2D eigenvalue weighted by Crippen LogP contribution is 2.13. The van der Waals surface area contributed by atoms with Crippen molar-refractivity contribution in [3.63, 3.8) is 0 Å². The average Bonchev–Trinajstić information content (AvgIpc) is 3.22. The summed E-state index contributed by atoms with van der Waals surface area (Å²) in [5, 5.41) is 8.83. The molecule has 0 saturated carbocycles. The quantitative estimate of drug-likeness (QED) is 0.687. The van der Waals surface area contributed by atoms with Crippen LogP contribution in [-0.4, -0.2) is 26.5 Å². The average molecular weight is 338 g/mol. The Morgan fingerprint density at radius 3 is 2.68 bits per heavy atom. The molecule has 0 radical (unpaired) electrons. The maximum atomic E-state index is 12.8. The molecule has 1 aromatic carbocycles. The van der Waals surface area contributed by atoms with Gasteiger partial charge in [-0.1, -0.05) is 12.1 Å². The van der Waals surface area contributed by atoms with E-state index in [-0.39, 0.29) is 37.7 Å². The van der Waals surface area contributed by atoms with Crippen LogP contribution in [0.2, 0.25) is 0 Å². The molecule has 0 saturated heterocycles. The van der Waals surface area contributed by atoms with Crippen molar-refractivity contribution in [3.05, 3.63) is 58.9 Å². The minimum Gasteiger partial charge on any atom is -0.467 e. The monoisotopic (exact) mass is 338 g/mol. The van der Waals surface area contributed by atoms with Crippen molar-refractivity contribution in [1.29, 1.82) is 5.26 Å². The number of rotatable bonds is 6. The molecule has 0 aliphatic rings. The zero-order chi connectivity index (χ0) is 17.8. The molecule has 0 bridgehead atoms. The summed E-state index contributed by atoms with van der Waals surface area (Å²) in [5.41, 5.74) is 1.24. The number of carbonyl (C=O) groups is 1. The molecule has 0 aliphatic carbocycles. The van der Waals surface area contributed by atoms with E-state index < -0.39 is 0 Å². The molecule has 0 atom stereocenters. The van der Waals surface area contributed by atoms with Crippen molar-refractivity contribution in [3.8, 4) is 6.07 Å². The molecule has 7 heteroatoms. The first-order valence-corrected chi connectivity index (χ1v) is 7.93. The van der Waals surface area contributed by atoms with E-state index in [0.717, 1.165) is 5.52 Å². The topological polar surface area (TPSA) is 84.2 Å². The third kappa shape index (κ3) is 3.33. The molecule has 128 valence electrons. The van der Waals surface area contributed by atoms with Crippen LogP contribution in [0, 0.1) is 11.3 Å². The standard InChI is InChI=1S/C18H18N4O3/c1-20-15-7-2-3-8-16(15)22(18(20)24)13-17(23)21(10-5-9-19)12-14-6-4-11-25-14/h2-4,6-8,11H,5,10,12-13H2,1H3. The number of nitrogens with zero attached hydrogens (tertiary/aromatic N) is 4. The first-order chi connectivity index (χ1) is 12.1. The van der Waals surface area contributed by atoms with Crippen LogP contribution < -0.4 is 5.69 Å². The second kappa shape index (κ2) is 7.09. The lowest BCUT2D eigenvalue weighted by Crippen LogP contribution is -2.36. The van der Waals surface area contributed by atoms with Gasteiger partial charge in [0.1, 0.15) is 12.3 Å². The van der Waals surface area contributed by atoms with E-state index in [1.54, 1.807) is 19.2 Å². The zero-order valence-corrected chi connectivity index (χ0v) is 13.9. The molecule has 3 rings (SSSR count). The highest BCUT2D eigenvalue weighted by atomic mass is 16.3. The second-order valence-electron chi connectivity index (χ2n) is 5.72. The van der Waals surface area contributed by atoms with Gasteiger partial charge in [-0.15, -0.1) is 0 Å². The molecule has 0 spiro atoms. The summed E-state index contributed by atoms with van der Waals surface area (Å²) < 4.78 is 8.27. The van der Waals surface area contributed by atoms with E-state index in [1.807, 2.05) is 30.3 Å². The minimum atomic E-state index is -0.243. The Balaban J connectivity index is 1.87. The van der Waals surface area contributed by atoms with Crippen molar-refractivity contribution < 1.29 is 9.21 Å². The number of fused-ring (bicyclic) bond motifs is 1. The fourth-order valence-corrected chi connectivity index (χ4v) is 2.82. The van der Waals surface area contributed by atoms with Gasteiger partial charge >= 0.3 is 5.69 Å². The van der Waals surface area contributed by atoms with Gasteiger partial charge in [-0.2, -0.15) is 5.26 Å². The van der Waals surface area contributed by atoms with E-state index in [0.29, 0.717) is 11.3 Å². The lowest BCUT2D eigenvalue weighted by atomic mass is 10.3. The number of hydrogen-bond acceptors (Lipinski definition) is 4. The van der Waals surface area contributed by atoms with E-state index in [9.17, 15) is 9.59 Å². The van der Waals surface area contributed by atoms with Gasteiger partial charge in [0.2, 0.25) is 5.91 Å². The SMILES string of the molecule is Cn1c(=O)n(CC(=O)N(CCC#N)Cc2ccco2)c2ccccc21. The normalized spacial score (nSPS) is 10.7. The summed E-state index contributed by atoms with van der Waals surface area (Å²) in [7, 11) is 1.68. The summed E-state index contributed by atoms with van der Waals surface area (Å²) in [6.45, 7) is 0.481. The van der Waals surface area contributed by atoms with Gasteiger partial charge in [-0.25, -0.2) is 4.79 Å². The largest absolute Gasteiger partial charge is 0.467 e. The van der Waals surface area contributed by atoms with Crippen LogP contribution in [0.4, 0.5) is 0 Å². The Labute approximate surface area is 144 Å². The zero-order valence-electron chi connectivity index (χ0n) is 13.9. The van der Waals surface area contributed by atoms with Crippen molar-refractivity contribution in [2.75, 3.05) is 6.54 Å². The van der Waals surface area contributed by atoms with Crippen molar-refractivity contribution in [2.24, 2.45) is 7.05 Å². The smallest absolute Gasteiger partial charge is 0.329 e. The highest BCUT2D eigenvalue weighted by Gasteiger charge is 2.19. The van der Waals surface area contributed by atoms with Crippen molar-refractivity contribution in [1.82, 2.24) is 14.0 Å². The van der Waals surface area contributed by atoms with Crippen LogP contribution in [0.3, 0.4) is 0 Å². The number of amides is 1. The Bertz CT molecular complexity index is 976. The molecule has 0 aliphatic heterocycles. The summed E-state index contributed by atoms with van der Waals surface area (Å²) in [6, 6.07) is 12.9. The van der Waals surface area contributed by atoms with Crippen molar-refractivity contribution >= 4 is 16.9 Å². The molecule has 2 heterocycles. The van der Waals surface area contributed by atoms with Crippen LogP contribution in [0.15, 0.2) is 51.9 Å². The molecule has 25 heavy (non-hydrogen) atoms. The summed E-state index contributed by atoms with van der Waals surface area (Å²) >= 11 is 0. The number of aryl methyl sites for hydroxylation is 1. The number of benzene rings is 1. The molecule has 3 aromatic rings. The van der Waals surface area contributed by atoms with E-state index in [4.69, 9.17) is 9.68 Å². The second-order valence-corrected chi connectivity index (χ2v) is 5.72. The van der Waals surface area contributed by atoms with E-state index >= 15 is 0 Å². The maximum absolute atomic E-state index is 12.8. The van der Waals surface area contributed by atoms with Gasteiger partial charge in [0, 0.05) is 13.6 Å². The summed E-state index contributed by atoms with van der Waals surface area (Å²) in [6.07, 6.45) is 1.76. The van der Waals surface area contributed by atoms with Gasteiger partial charge in [-0.05, 0) is 24.3 Å². The van der Waals surface area contributed by atoms with E-state index in [1.165, 1.54) is 20.3 Å². The summed E-state index contributed by atoms with van der Waals surface area (Å²) in [5.74, 6) is 0.404. The lowest BCUT2D eigenvalue weighted by Gasteiger charge is -2.20. The number of aromatic nitrogens is 2. The van der Waals surface area contributed by atoms with E-state index in [2.05, 4.69) is 0 Å². The third-order valence-electron chi connectivity index (χ3n) is 4.12. The molecule has 0 unspecified atom stereocenters. The number of para-hydroxylation sites is 2. The predicted molar refractivity (Wildman–Crippen MR) is 91.5 cm³/mol. The number of furan rings is 1. The fraction of sp³-hybridized carbons (Fsp3) is 0.278. The first kappa shape index (κ1) is 16.6. The number of imidazole rings is 1. The molecule has 7 nitrogen and oxygen atoms in total. The Kier molecular flexibility index (Phi) is 4.70. The first-order valence-electron chi connectivity index (χ1n) is 7.93. The molecular weight excluding hydrogens is 320 g/mol. The van der Waals surface area contributed by atoms with Gasteiger partial charge in [0.05, 0.1) is 36.3 Å². The van der Waals surface area contributed by atoms with Crippen LogP contribution >= 0.6 is 0 Å². The van der Waals surface area contributed by atoms with Crippen LogP contribution in [0.1, 0.15) is 12.2 Å². The molecule has 2 aromatic heterocycles. The minimum absolute atomic E-state index is 0.0771. The predicted octanol–water partition coefficient (Wildman–Crippen LogP) is 1.88. The number of nitriles is 1. The Morgan fingerprint density at radius 1 is 1.24 bits per heavy atom. The van der Waals surface area contributed by atoms with Crippen LogP contribution in [0.5, 0.6) is 0 Å². The molecule has 0 N–H and O–H groups in total.